The van der Waals surface area contributed by atoms with Gasteiger partial charge in [0.05, 0.1) is 13.3 Å². The molecule has 0 aromatic heterocycles. The van der Waals surface area contributed by atoms with Gasteiger partial charge in [-0.2, -0.15) is 0 Å². The van der Waals surface area contributed by atoms with Crippen molar-refractivity contribution >= 4 is 11.9 Å². The second-order valence-electron chi connectivity index (χ2n) is 19.8. The van der Waals surface area contributed by atoms with Gasteiger partial charge in [0.2, 0.25) is 0 Å². The summed E-state index contributed by atoms with van der Waals surface area (Å²) in [7, 11) is 0. The number of hydrogen-bond acceptors (Lipinski definition) is 5. The molecule has 6 nitrogen and oxygen atoms in total. The highest BCUT2D eigenvalue weighted by atomic mass is 19.1. The van der Waals surface area contributed by atoms with Crippen molar-refractivity contribution in [3.8, 4) is 0 Å². The molecule has 286 valence electrons. The lowest BCUT2D eigenvalue weighted by Gasteiger charge is -2.72. The van der Waals surface area contributed by atoms with E-state index in [4.69, 9.17) is 4.74 Å². The molecule has 6 aliphatic carbocycles. The fourth-order valence-electron chi connectivity index (χ4n) is 14.7. The number of piperidine rings is 1. The first-order valence-electron chi connectivity index (χ1n) is 21.0. The summed E-state index contributed by atoms with van der Waals surface area (Å²) in [5.41, 5.74) is 3.11. The van der Waals surface area contributed by atoms with E-state index in [1.807, 2.05) is 0 Å². The Hall–Kier alpha value is -1.73. The number of esters is 1. The molecule has 7 rings (SSSR count). The first-order chi connectivity index (χ1) is 24.2. The molecule has 1 heterocycles. The number of allylic oxidation sites excluding steroid dienone is 4. The predicted molar refractivity (Wildman–Crippen MR) is 201 cm³/mol. The summed E-state index contributed by atoms with van der Waals surface area (Å²) in [6.45, 7) is 18.1. The highest BCUT2D eigenvalue weighted by Gasteiger charge is 2.69. The number of carbonyl (C=O) groups excluding carboxylic acids is 1. The van der Waals surface area contributed by atoms with Crippen molar-refractivity contribution < 1.29 is 23.8 Å². The number of nitrogens with zero attached hydrogens (tertiary/aromatic N) is 1. The molecule has 2 N–H and O–H groups in total. The number of carbonyl (C=O) groups is 2. The van der Waals surface area contributed by atoms with Crippen LogP contribution >= 0.6 is 0 Å². The molecule has 5 fully saturated rings. The third-order valence-electron chi connectivity index (χ3n) is 17.7. The van der Waals surface area contributed by atoms with E-state index in [9.17, 15) is 19.1 Å². The zero-order valence-corrected chi connectivity index (χ0v) is 32.9. The fourth-order valence-corrected chi connectivity index (χ4v) is 14.7. The second kappa shape index (κ2) is 13.5. The smallest absolute Gasteiger partial charge is 0.323 e. The van der Waals surface area contributed by atoms with Crippen LogP contribution in [-0.2, 0) is 14.3 Å². The summed E-state index contributed by atoms with van der Waals surface area (Å²) in [6.07, 6.45) is 21.7. The second-order valence-corrected chi connectivity index (χ2v) is 19.8. The van der Waals surface area contributed by atoms with Crippen molar-refractivity contribution in [1.82, 2.24) is 10.2 Å². The molecular formula is C44H69FN2O4. The third-order valence-corrected chi connectivity index (χ3v) is 17.7. The van der Waals surface area contributed by atoms with Crippen molar-refractivity contribution in [2.24, 2.45) is 56.7 Å². The lowest BCUT2D eigenvalue weighted by Crippen LogP contribution is -2.67. The molecule has 4 saturated carbocycles. The van der Waals surface area contributed by atoms with Crippen LogP contribution in [0.25, 0.3) is 0 Å². The number of likely N-dealkylation sites (tertiary alicyclic amines) is 1. The van der Waals surface area contributed by atoms with Crippen LogP contribution < -0.4 is 5.32 Å². The zero-order chi connectivity index (χ0) is 36.5. The van der Waals surface area contributed by atoms with E-state index < -0.39 is 17.4 Å². The van der Waals surface area contributed by atoms with Crippen LogP contribution in [-0.4, -0.2) is 66.9 Å². The van der Waals surface area contributed by atoms with Crippen LogP contribution in [0.4, 0.5) is 4.39 Å². The standard InChI is InChI=1S/C44H69FN2O4/c1-7-51-38(50)43(37(48)49)23-26-47(27-24-43)28-25-46-44-18-8-9-34(44)33-14-15-36-40(4)19-16-32(31-12-10-30(29-45)11-13-31)39(2,3)35(40)17-20-42(36,6)41(33,5)21-22-44/h12,16,30,33-36,46H,7-11,13-15,17-29H2,1-6H3,(H,48,49)/t30-,33+,34+,35?,36?,40-,41+,42+,44-/m0/s1. The quantitative estimate of drug-likeness (QED) is 0.184. The molecule has 0 radical (unpaired) electrons. The predicted octanol–water partition coefficient (Wildman–Crippen LogP) is 9.15. The molecule has 0 amide bonds. The number of aliphatic carboxylic acids is 1. The van der Waals surface area contributed by atoms with Crippen molar-refractivity contribution in [3.63, 3.8) is 0 Å². The van der Waals surface area contributed by atoms with Gasteiger partial charge in [-0.05, 0) is 172 Å². The van der Waals surface area contributed by atoms with Gasteiger partial charge < -0.3 is 20.1 Å². The largest absolute Gasteiger partial charge is 0.480 e. The van der Waals surface area contributed by atoms with E-state index in [-0.39, 0.29) is 30.2 Å². The van der Waals surface area contributed by atoms with Gasteiger partial charge in [-0.25, -0.2) is 0 Å². The van der Waals surface area contributed by atoms with E-state index in [0.29, 0.717) is 48.1 Å². The van der Waals surface area contributed by atoms with Crippen molar-refractivity contribution in [2.75, 3.05) is 39.5 Å². The fraction of sp³-hybridized carbons (Fsp3) is 0.864. The SMILES string of the molecule is CCOC(=O)C1(C(=O)O)CCN(CCN[C@]23CCC[C@@H]2[C@H]2CCC4[C@@]5(C)CC=C(C6=CC[C@H](CF)CC6)C(C)(C)C5CC[C@@]4(C)[C@]2(C)CC3)CC1. The van der Waals surface area contributed by atoms with Crippen LogP contribution in [0.5, 0.6) is 0 Å². The van der Waals surface area contributed by atoms with Gasteiger partial charge in [-0.1, -0.05) is 53.2 Å². The molecule has 0 bridgehead atoms. The van der Waals surface area contributed by atoms with Crippen LogP contribution in [0.1, 0.15) is 138 Å². The molecule has 7 heteroatoms. The lowest BCUT2D eigenvalue weighted by atomic mass is 9.33. The van der Waals surface area contributed by atoms with Gasteiger partial charge in [-0.15, -0.1) is 0 Å². The molecule has 9 atom stereocenters. The highest BCUT2D eigenvalue weighted by Crippen LogP contribution is 2.76. The number of carboxylic acids is 1. The number of hydrogen-bond donors (Lipinski definition) is 2. The maximum Gasteiger partial charge on any atom is 0.323 e. The Kier molecular flexibility index (Phi) is 9.97. The molecule has 0 spiro atoms. The molecule has 1 aliphatic heterocycles. The average molecular weight is 709 g/mol. The van der Waals surface area contributed by atoms with Crippen molar-refractivity contribution in [1.29, 1.82) is 0 Å². The van der Waals surface area contributed by atoms with Crippen LogP contribution in [0.15, 0.2) is 23.3 Å². The zero-order valence-electron chi connectivity index (χ0n) is 32.9. The first-order valence-corrected chi connectivity index (χ1v) is 21.0. The number of fused-ring (bicyclic) bond motifs is 7. The van der Waals surface area contributed by atoms with Crippen molar-refractivity contribution in [2.45, 2.75) is 143 Å². The summed E-state index contributed by atoms with van der Waals surface area (Å²) in [5.74, 6) is 1.53. The van der Waals surface area contributed by atoms with Gasteiger partial charge in [0.15, 0.2) is 5.41 Å². The van der Waals surface area contributed by atoms with Gasteiger partial charge in [-0.3, -0.25) is 14.0 Å². The minimum atomic E-state index is -1.39. The summed E-state index contributed by atoms with van der Waals surface area (Å²) in [5, 5.41) is 14.1. The number of alkyl halides is 1. The number of ether oxygens (including phenoxy) is 1. The van der Waals surface area contributed by atoms with E-state index in [1.54, 1.807) is 12.5 Å². The van der Waals surface area contributed by atoms with E-state index in [1.165, 1.54) is 69.8 Å². The Labute approximate surface area is 308 Å². The summed E-state index contributed by atoms with van der Waals surface area (Å²) in [4.78, 5) is 27.1. The Morgan fingerprint density at radius 1 is 0.902 bits per heavy atom. The Morgan fingerprint density at radius 2 is 1.67 bits per heavy atom. The summed E-state index contributed by atoms with van der Waals surface area (Å²) in [6, 6.07) is 0. The average Bonchev–Trinajstić information content (AvgIpc) is 3.53. The topological polar surface area (TPSA) is 78.9 Å². The molecule has 2 unspecified atom stereocenters. The van der Waals surface area contributed by atoms with Crippen molar-refractivity contribution in [3.05, 3.63) is 23.3 Å². The first kappa shape index (κ1) is 37.6. The lowest BCUT2D eigenvalue weighted by molar-refractivity contribution is -0.218. The summed E-state index contributed by atoms with van der Waals surface area (Å²) < 4.78 is 18.6. The minimum Gasteiger partial charge on any atom is -0.480 e. The van der Waals surface area contributed by atoms with Gasteiger partial charge in [0.25, 0.3) is 0 Å². The monoisotopic (exact) mass is 709 g/mol. The number of halogens is 1. The maximum absolute atomic E-state index is 13.4. The number of rotatable bonds is 9. The third kappa shape index (κ3) is 5.73. The molecule has 0 aromatic rings. The Morgan fingerprint density at radius 3 is 2.33 bits per heavy atom. The summed E-state index contributed by atoms with van der Waals surface area (Å²) >= 11 is 0. The molecule has 0 aromatic carbocycles. The van der Waals surface area contributed by atoms with Crippen LogP contribution in [0.2, 0.25) is 0 Å². The molecule has 7 aliphatic rings. The van der Waals surface area contributed by atoms with Gasteiger partial charge in [0, 0.05) is 18.6 Å². The minimum absolute atomic E-state index is 0.153. The number of carboxylic acid groups (broad SMARTS) is 1. The van der Waals surface area contributed by atoms with Crippen LogP contribution in [0.3, 0.4) is 0 Å². The van der Waals surface area contributed by atoms with E-state index in [2.05, 4.69) is 57.0 Å². The molecule has 51 heavy (non-hydrogen) atoms. The van der Waals surface area contributed by atoms with E-state index >= 15 is 0 Å². The molecular weight excluding hydrogens is 639 g/mol. The Bertz CT molecular complexity index is 1420. The van der Waals surface area contributed by atoms with Gasteiger partial charge >= 0.3 is 11.9 Å². The molecule has 1 saturated heterocycles. The normalized spacial score (nSPS) is 43.1. The van der Waals surface area contributed by atoms with Gasteiger partial charge in [0.1, 0.15) is 0 Å². The maximum atomic E-state index is 13.4. The highest BCUT2D eigenvalue weighted by molar-refractivity contribution is 5.99. The van der Waals surface area contributed by atoms with Crippen LogP contribution in [0, 0.1) is 56.7 Å². The number of nitrogens with one attached hydrogen (secondary N) is 1. The Balaban J connectivity index is 1.03. The van der Waals surface area contributed by atoms with E-state index in [0.717, 1.165) is 50.1 Å².